The van der Waals surface area contributed by atoms with E-state index < -0.39 is 0 Å². The van der Waals surface area contributed by atoms with E-state index in [0.717, 1.165) is 123 Å². The first-order valence-corrected chi connectivity index (χ1v) is 45.1. The van der Waals surface area contributed by atoms with Crippen molar-refractivity contribution in [3.05, 3.63) is 485 Å². The summed E-state index contributed by atoms with van der Waals surface area (Å²) >= 11 is 0. The SMILES string of the molecule is c1ccc(-c2c(-c3ccccc3)c(-c3cccc(-c4cccc5ccccc45)c3)c3c4cccc5c6c(-c7ccccc7)c(-c7cccc(-c8ccc9c(c8)c8ccccc8n9-c8ccccc8)c7)c(-c7cccc(-c8ccc9c(c8)c8ccccc8n9-c8ccccc8)c7)c(-c7ccccc7)c6c6cccc(c3c2-c2cccc(-c3cccc7ccccc37)c2)c6c54)cc1. The Morgan fingerprint density at radius 2 is 0.346 bits per heavy atom. The number of hydrogen-bond donors (Lipinski definition) is 0. The summed E-state index contributed by atoms with van der Waals surface area (Å²) in [6.45, 7) is 0. The summed E-state index contributed by atoms with van der Waals surface area (Å²) in [5, 5.41) is 21.6. The maximum Gasteiger partial charge on any atom is 0.0541 e. The van der Waals surface area contributed by atoms with Gasteiger partial charge < -0.3 is 9.13 Å². The molecule has 26 aromatic rings. The molecule has 0 fully saturated rings. The van der Waals surface area contributed by atoms with Crippen LogP contribution in [0.5, 0.6) is 0 Å². The molecule has 0 atom stereocenters. The zero-order chi connectivity index (χ0) is 85.4. The minimum absolute atomic E-state index is 1.11. The highest BCUT2D eigenvalue weighted by Gasteiger charge is 2.34. The van der Waals surface area contributed by atoms with E-state index in [4.69, 9.17) is 0 Å². The number of aromatic nitrogens is 2. The first kappa shape index (κ1) is 74.4. The monoisotopic (exact) mass is 1640 g/mol. The van der Waals surface area contributed by atoms with Crippen LogP contribution in [0.1, 0.15) is 0 Å². The fraction of sp³-hybridized carbons (Fsp3) is 0. The molecule has 0 N–H and O–H groups in total. The van der Waals surface area contributed by atoms with Crippen LogP contribution in [0, 0.1) is 0 Å². The van der Waals surface area contributed by atoms with Crippen LogP contribution >= 0.6 is 0 Å². The van der Waals surface area contributed by atoms with Gasteiger partial charge in [0.25, 0.3) is 0 Å². The van der Waals surface area contributed by atoms with E-state index in [1.54, 1.807) is 0 Å². The van der Waals surface area contributed by atoms with Crippen LogP contribution in [-0.2, 0) is 0 Å². The molecule has 0 aliphatic heterocycles. The second-order valence-electron chi connectivity index (χ2n) is 34.6. The van der Waals surface area contributed by atoms with E-state index in [2.05, 4.69) is 494 Å². The normalized spacial score (nSPS) is 11.8. The fourth-order valence-electron chi connectivity index (χ4n) is 22.1. The first-order valence-electron chi connectivity index (χ1n) is 45.1. The van der Waals surface area contributed by atoms with Crippen LogP contribution in [0.3, 0.4) is 0 Å². The van der Waals surface area contributed by atoms with Gasteiger partial charge in [-0.25, -0.2) is 0 Å². The smallest absolute Gasteiger partial charge is 0.0541 e. The van der Waals surface area contributed by atoms with Gasteiger partial charge >= 0.3 is 0 Å². The number of fused-ring (bicyclic) bond motifs is 14. The number of para-hydroxylation sites is 4. The second-order valence-corrected chi connectivity index (χ2v) is 34.6. The molecule has 0 bridgehead atoms. The van der Waals surface area contributed by atoms with Crippen molar-refractivity contribution in [1.82, 2.24) is 9.13 Å². The van der Waals surface area contributed by atoms with E-state index in [1.165, 1.54) is 141 Å². The van der Waals surface area contributed by atoms with Crippen LogP contribution in [-0.4, -0.2) is 9.13 Å². The molecular formula is C128H80N2. The Bertz CT molecular complexity index is 8520. The van der Waals surface area contributed by atoms with E-state index in [1.807, 2.05) is 0 Å². The molecule has 2 heterocycles. The number of rotatable bonds is 14. The molecule has 602 valence electrons. The van der Waals surface area contributed by atoms with E-state index in [9.17, 15) is 0 Å². The molecule has 24 aromatic carbocycles. The summed E-state index contributed by atoms with van der Waals surface area (Å²) in [7, 11) is 0. The van der Waals surface area contributed by atoms with Gasteiger partial charge in [-0.15, -0.1) is 0 Å². The van der Waals surface area contributed by atoms with Gasteiger partial charge in [-0.3, -0.25) is 0 Å². The predicted octanol–water partition coefficient (Wildman–Crippen LogP) is 35.4. The van der Waals surface area contributed by atoms with Crippen molar-refractivity contribution in [3.8, 4) is 145 Å². The van der Waals surface area contributed by atoms with Gasteiger partial charge in [0.05, 0.1) is 22.1 Å². The largest absolute Gasteiger partial charge is 0.309 e. The molecule has 0 aliphatic carbocycles. The lowest BCUT2D eigenvalue weighted by atomic mass is 9.73. The average molecular weight is 1650 g/mol. The molecule has 130 heavy (non-hydrogen) atoms. The zero-order valence-corrected chi connectivity index (χ0v) is 71.1. The third kappa shape index (κ3) is 11.8. The van der Waals surface area contributed by atoms with Crippen molar-refractivity contribution in [2.24, 2.45) is 0 Å². The molecule has 0 spiro atoms. The van der Waals surface area contributed by atoms with E-state index in [-0.39, 0.29) is 0 Å². The Labute approximate surface area is 753 Å². The lowest BCUT2D eigenvalue weighted by molar-refractivity contribution is 1.18. The molecule has 26 rings (SSSR count). The first-order chi connectivity index (χ1) is 64.6. The van der Waals surface area contributed by atoms with Crippen molar-refractivity contribution in [2.75, 3.05) is 0 Å². The summed E-state index contributed by atoms with van der Waals surface area (Å²) in [5.41, 5.74) is 34.5. The molecule has 2 nitrogen and oxygen atoms in total. The third-order valence-corrected chi connectivity index (χ3v) is 27.6. The van der Waals surface area contributed by atoms with Gasteiger partial charge in [-0.2, -0.15) is 0 Å². The molecule has 0 unspecified atom stereocenters. The molecule has 2 aromatic heterocycles. The van der Waals surface area contributed by atoms with Crippen molar-refractivity contribution in [3.63, 3.8) is 0 Å². The van der Waals surface area contributed by atoms with Crippen molar-refractivity contribution >= 4 is 119 Å². The number of benzene rings is 24. The minimum Gasteiger partial charge on any atom is -0.309 e. The third-order valence-electron chi connectivity index (χ3n) is 27.6. The van der Waals surface area contributed by atoms with Crippen LogP contribution in [0.25, 0.3) is 264 Å². The molecule has 0 amide bonds. The van der Waals surface area contributed by atoms with Crippen LogP contribution in [0.15, 0.2) is 485 Å². The minimum atomic E-state index is 1.11. The molecule has 0 radical (unpaired) electrons. The van der Waals surface area contributed by atoms with Gasteiger partial charge in [0.2, 0.25) is 0 Å². The topological polar surface area (TPSA) is 9.86 Å². The summed E-state index contributed by atoms with van der Waals surface area (Å²) in [6.07, 6.45) is 0. The Hall–Kier alpha value is -17.0. The maximum absolute atomic E-state index is 2.50. The maximum atomic E-state index is 2.50. The van der Waals surface area contributed by atoms with Crippen molar-refractivity contribution < 1.29 is 0 Å². The molecule has 0 aliphatic rings. The fourth-order valence-corrected chi connectivity index (χ4v) is 22.1. The number of nitrogens with zero attached hydrogens (tertiary/aromatic N) is 2. The quantitative estimate of drug-likeness (QED) is 0.0759. The Morgan fingerprint density at radius 3 is 0.723 bits per heavy atom. The highest BCUT2D eigenvalue weighted by molar-refractivity contribution is 6.47. The van der Waals surface area contributed by atoms with Gasteiger partial charge in [0.15, 0.2) is 0 Å². The standard InChI is InChI=1S/C128H80N2/c1-7-37-83(38-8-1)115-116(84-39-9-2-10-40-84)122(96-54-30-50-92(78-96)102-64-32-46-82-36-20-22-60-100(82)102)128-108-68-34-66-106-124(108)123-105(65-33-67-107(123)127(128)121(115)95-53-29-49-91(77-95)101-63-31-45-81-35-19-21-59-99(81)101)125-117(85-41-11-3-12-42-85)119(93-51-27-47-87(75-93)89-71-73-113-109(79-89)103-61-23-25-69-111(103)129(113)97-55-15-5-16-56-97)120(118(126(106)125)86-43-13-4-14-44-86)94-52-28-48-88(76-94)90-72-74-114-110(80-90)104-62-24-26-70-112(104)130(114)98-57-17-6-18-58-98/h1-80H. The van der Waals surface area contributed by atoms with Gasteiger partial charge in [-0.1, -0.05) is 400 Å². The van der Waals surface area contributed by atoms with Gasteiger partial charge in [0, 0.05) is 32.9 Å². The van der Waals surface area contributed by atoms with E-state index >= 15 is 0 Å². The lowest BCUT2D eigenvalue weighted by Crippen LogP contribution is -2.02. The highest BCUT2D eigenvalue weighted by Crippen LogP contribution is 2.61. The predicted molar refractivity (Wildman–Crippen MR) is 554 cm³/mol. The zero-order valence-electron chi connectivity index (χ0n) is 71.1. The van der Waals surface area contributed by atoms with Gasteiger partial charge in [0.1, 0.15) is 0 Å². The molecule has 0 saturated heterocycles. The average Bonchev–Trinajstić information content (AvgIpc) is 0.928. The second kappa shape index (κ2) is 30.4. The summed E-state index contributed by atoms with van der Waals surface area (Å²) in [4.78, 5) is 0. The highest BCUT2D eigenvalue weighted by atomic mass is 15.0. The Morgan fingerprint density at radius 1 is 0.115 bits per heavy atom. The lowest BCUT2D eigenvalue weighted by Gasteiger charge is -2.30. The molecular weight excluding hydrogens is 1570 g/mol. The summed E-state index contributed by atoms with van der Waals surface area (Å²) in [5.74, 6) is 0. The van der Waals surface area contributed by atoms with Crippen LogP contribution < -0.4 is 0 Å². The Balaban J connectivity index is 0.842. The van der Waals surface area contributed by atoms with Crippen molar-refractivity contribution in [1.29, 1.82) is 0 Å². The summed E-state index contributed by atoms with van der Waals surface area (Å²) in [6, 6.07) is 183. The van der Waals surface area contributed by atoms with Crippen LogP contribution in [0.4, 0.5) is 0 Å². The van der Waals surface area contributed by atoms with Crippen LogP contribution in [0.2, 0.25) is 0 Å². The summed E-state index contributed by atoms with van der Waals surface area (Å²) < 4.78 is 4.83. The van der Waals surface area contributed by atoms with Gasteiger partial charge in [-0.05, 0) is 294 Å². The number of hydrogen-bond acceptors (Lipinski definition) is 0. The van der Waals surface area contributed by atoms with E-state index in [0.29, 0.717) is 0 Å². The molecule has 2 heteroatoms. The van der Waals surface area contributed by atoms with Crippen molar-refractivity contribution in [2.45, 2.75) is 0 Å². The molecule has 0 saturated carbocycles. The Kier molecular flexibility index (Phi) is 17.4.